The summed E-state index contributed by atoms with van der Waals surface area (Å²) in [5.74, 6) is -0.0597. The van der Waals surface area contributed by atoms with Crippen molar-refractivity contribution in [3.63, 3.8) is 0 Å². The number of amides is 2. The highest BCUT2D eigenvalue weighted by molar-refractivity contribution is 7.16. The molecule has 1 aromatic heterocycles. The van der Waals surface area contributed by atoms with Crippen LogP contribution in [0.1, 0.15) is 54.9 Å². The number of nitrogens with zero attached hydrogens (tertiary/aromatic N) is 3. The van der Waals surface area contributed by atoms with Crippen LogP contribution in [-0.4, -0.2) is 64.2 Å². The van der Waals surface area contributed by atoms with E-state index in [0.29, 0.717) is 24.3 Å². The predicted molar refractivity (Wildman–Crippen MR) is 116 cm³/mol. The van der Waals surface area contributed by atoms with E-state index in [4.69, 9.17) is 4.74 Å². The Balaban J connectivity index is 1.66. The standard InChI is InChI=1S/C22H29N3O4S/c1-14(25-11-10-17(29-21(25)27)12-22(2,3)28)15-6-8-16(9-7-15)19-23-13-18(30-19)20(26)24(4)5/h6-9,13-14,17,28H,10-12H2,1-5H3. The molecule has 0 spiro atoms. The lowest BCUT2D eigenvalue weighted by Gasteiger charge is -2.37. The smallest absolute Gasteiger partial charge is 0.410 e. The highest BCUT2D eigenvalue weighted by Crippen LogP contribution is 2.31. The van der Waals surface area contributed by atoms with Gasteiger partial charge in [0.25, 0.3) is 5.91 Å². The number of carbonyl (C=O) groups is 2. The van der Waals surface area contributed by atoms with Gasteiger partial charge in [-0.3, -0.25) is 4.79 Å². The van der Waals surface area contributed by atoms with Crippen molar-refractivity contribution >= 4 is 23.3 Å². The van der Waals surface area contributed by atoms with Crippen molar-refractivity contribution in [2.75, 3.05) is 20.6 Å². The molecule has 2 unspecified atom stereocenters. The van der Waals surface area contributed by atoms with E-state index >= 15 is 0 Å². The maximum atomic E-state index is 12.5. The summed E-state index contributed by atoms with van der Waals surface area (Å²) in [5.41, 5.74) is 1.07. The van der Waals surface area contributed by atoms with Gasteiger partial charge in [0.05, 0.1) is 17.8 Å². The summed E-state index contributed by atoms with van der Waals surface area (Å²) in [6, 6.07) is 7.75. The topological polar surface area (TPSA) is 83.0 Å². The van der Waals surface area contributed by atoms with Crippen LogP contribution >= 0.6 is 11.3 Å². The SMILES string of the molecule is CC(c1ccc(-c2ncc(C(=O)N(C)C)s2)cc1)N1CCC(CC(C)(C)O)OC1=O. The molecule has 8 heteroatoms. The lowest BCUT2D eigenvalue weighted by atomic mass is 9.97. The van der Waals surface area contributed by atoms with Crippen LogP contribution in [0.2, 0.25) is 0 Å². The largest absolute Gasteiger partial charge is 0.446 e. The van der Waals surface area contributed by atoms with Gasteiger partial charge in [0.15, 0.2) is 0 Å². The summed E-state index contributed by atoms with van der Waals surface area (Å²) in [4.78, 5) is 32.8. The van der Waals surface area contributed by atoms with E-state index in [-0.39, 0.29) is 24.1 Å². The van der Waals surface area contributed by atoms with Crippen LogP contribution in [-0.2, 0) is 4.74 Å². The molecule has 0 saturated carbocycles. The fourth-order valence-electron chi connectivity index (χ4n) is 3.51. The number of rotatable bonds is 6. The van der Waals surface area contributed by atoms with Crippen LogP contribution in [0.15, 0.2) is 30.5 Å². The highest BCUT2D eigenvalue weighted by Gasteiger charge is 2.33. The Morgan fingerprint density at radius 1 is 1.37 bits per heavy atom. The quantitative estimate of drug-likeness (QED) is 0.749. The zero-order valence-corrected chi connectivity index (χ0v) is 18.9. The van der Waals surface area contributed by atoms with Crippen molar-refractivity contribution in [1.82, 2.24) is 14.8 Å². The molecular formula is C22H29N3O4S. The van der Waals surface area contributed by atoms with Crippen LogP contribution in [0.5, 0.6) is 0 Å². The number of aliphatic hydroxyl groups is 1. The number of carbonyl (C=O) groups excluding carboxylic acids is 2. The summed E-state index contributed by atoms with van der Waals surface area (Å²) < 4.78 is 5.54. The van der Waals surface area contributed by atoms with Crippen LogP contribution in [0, 0.1) is 0 Å². The van der Waals surface area contributed by atoms with Crippen molar-refractivity contribution in [3.8, 4) is 10.6 Å². The molecule has 2 atom stereocenters. The number of benzene rings is 1. The minimum absolute atomic E-state index is 0.0597. The molecule has 7 nitrogen and oxygen atoms in total. The Kier molecular flexibility index (Phi) is 6.47. The Labute approximate surface area is 181 Å². The van der Waals surface area contributed by atoms with Gasteiger partial charge in [0.1, 0.15) is 16.0 Å². The van der Waals surface area contributed by atoms with E-state index in [9.17, 15) is 14.7 Å². The zero-order chi connectivity index (χ0) is 22.1. The maximum Gasteiger partial charge on any atom is 0.410 e. The number of cyclic esters (lactones) is 1. The van der Waals surface area contributed by atoms with E-state index in [1.807, 2.05) is 31.2 Å². The van der Waals surface area contributed by atoms with Crippen molar-refractivity contribution in [3.05, 3.63) is 40.9 Å². The third kappa shape index (κ3) is 5.17. The Bertz CT molecular complexity index is 902. The molecule has 0 bridgehead atoms. The number of hydrogen-bond donors (Lipinski definition) is 1. The third-order valence-corrected chi connectivity index (χ3v) is 6.19. The summed E-state index contributed by atoms with van der Waals surface area (Å²) in [6.45, 7) is 6.01. The van der Waals surface area contributed by atoms with E-state index in [0.717, 1.165) is 16.1 Å². The van der Waals surface area contributed by atoms with Crippen molar-refractivity contribution in [2.24, 2.45) is 0 Å². The zero-order valence-electron chi connectivity index (χ0n) is 18.1. The lowest BCUT2D eigenvalue weighted by Crippen LogP contribution is -2.45. The second-order valence-electron chi connectivity index (χ2n) is 8.53. The Hall–Kier alpha value is -2.45. The van der Waals surface area contributed by atoms with Gasteiger partial charge in [-0.15, -0.1) is 11.3 Å². The maximum absolute atomic E-state index is 12.5. The molecule has 30 heavy (non-hydrogen) atoms. The molecule has 0 radical (unpaired) electrons. The second kappa shape index (κ2) is 8.73. The molecule has 3 rings (SSSR count). The predicted octanol–water partition coefficient (Wildman–Crippen LogP) is 3.94. The van der Waals surface area contributed by atoms with Crippen molar-refractivity contribution < 1.29 is 19.4 Å². The van der Waals surface area contributed by atoms with Crippen LogP contribution in [0.3, 0.4) is 0 Å². The van der Waals surface area contributed by atoms with Crippen LogP contribution in [0.25, 0.3) is 10.6 Å². The first-order valence-corrected chi connectivity index (χ1v) is 10.8. The molecule has 2 heterocycles. The molecule has 1 fully saturated rings. The Morgan fingerprint density at radius 2 is 2.03 bits per heavy atom. The first-order valence-electron chi connectivity index (χ1n) is 10.0. The van der Waals surface area contributed by atoms with Gasteiger partial charge in [-0.1, -0.05) is 24.3 Å². The lowest BCUT2D eigenvalue weighted by molar-refractivity contribution is -0.0309. The third-order valence-electron chi connectivity index (χ3n) is 5.15. The molecule has 2 amide bonds. The molecule has 1 aromatic carbocycles. The average Bonchev–Trinajstić information content (AvgIpc) is 3.16. The average molecular weight is 432 g/mol. The fourth-order valence-corrected chi connectivity index (χ4v) is 4.45. The molecule has 162 valence electrons. The van der Waals surface area contributed by atoms with Gasteiger partial charge in [-0.05, 0) is 26.3 Å². The minimum Gasteiger partial charge on any atom is -0.446 e. The Morgan fingerprint density at radius 3 is 2.60 bits per heavy atom. The molecule has 1 N–H and O–H groups in total. The number of thiazole rings is 1. The van der Waals surface area contributed by atoms with Crippen LogP contribution in [0.4, 0.5) is 4.79 Å². The fraction of sp³-hybridized carbons (Fsp3) is 0.500. The van der Waals surface area contributed by atoms with Gasteiger partial charge in [-0.2, -0.15) is 0 Å². The van der Waals surface area contributed by atoms with Gasteiger partial charge < -0.3 is 19.6 Å². The van der Waals surface area contributed by atoms with Gasteiger partial charge in [0, 0.05) is 39.0 Å². The minimum atomic E-state index is -0.860. The van der Waals surface area contributed by atoms with E-state index in [2.05, 4.69) is 4.98 Å². The molecule has 1 aliphatic heterocycles. The van der Waals surface area contributed by atoms with Crippen molar-refractivity contribution in [1.29, 1.82) is 0 Å². The van der Waals surface area contributed by atoms with E-state index in [1.54, 1.807) is 39.0 Å². The molecule has 2 aromatic rings. The number of ether oxygens (including phenoxy) is 1. The summed E-state index contributed by atoms with van der Waals surface area (Å²) in [7, 11) is 3.44. The summed E-state index contributed by atoms with van der Waals surface area (Å²) >= 11 is 1.36. The highest BCUT2D eigenvalue weighted by atomic mass is 32.1. The van der Waals surface area contributed by atoms with Crippen LogP contribution < -0.4 is 0 Å². The normalized spacial score (nSPS) is 18.1. The van der Waals surface area contributed by atoms with E-state index < -0.39 is 5.60 Å². The molecular weight excluding hydrogens is 402 g/mol. The van der Waals surface area contributed by atoms with Gasteiger partial charge in [0.2, 0.25) is 0 Å². The monoisotopic (exact) mass is 431 g/mol. The second-order valence-corrected chi connectivity index (χ2v) is 9.56. The van der Waals surface area contributed by atoms with Crippen molar-refractivity contribution in [2.45, 2.75) is 51.4 Å². The van der Waals surface area contributed by atoms with E-state index in [1.165, 1.54) is 16.2 Å². The number of hydrogen-bond acceptors (Lipinski definition) is 6. The molecule has 1 aliphatic rings. The number of aromatic nitrogens is 1. The first kappa shape index (κ1) is 22.2. The molecule has 1 saturated heterocycles. The van der Waals surface area contributed by atoms with Gasteiger partial charge in [-0.25, -0.2) is 9.78 Å². The van der Waals surface area contributed by atoms with Gasteiger partial charge >= 0.3 is 6.09 Å². The summed E-state index contributed by atoms with van der Waals surface area (Å²) in [6.07, 6.45) is 2.13. The molecule has 0 aliphatic carbocycles. The summed E-state index contributed by atoms with van der Waals surface area (Å²) in [5, 5.41) is 10.7. The first-order chi connectivity index (χ1) is 14.0.